The van der Waals surface area contributed by atoms with Crippen LogP contribution in [0.4, 0.5) is 0 Å². The van der Waals surface area contributed by atoms with Gasteiger partial charge in [-0.05, 0) is 95.7 Å². The van der Waals surface area contributed by atoms with E-state index in [1.807, 2.05) is 0 Å². The lowest BCUT2D eigenvalue weighted by Gasteiger charge is -2.43. The smallest absolute Gasteiger partial charge is 0.134 e. The van der Waals surface area contributed by atoms with Crippen molar-refractivity contribution < 1.29 is 4.79 Å². The van der Waals surface area contributed by atoms with Crippen molar-refractivity contribution in [2.75, 3.05) is 0 Å². The van der Waals surface area contributed by atoms with E-state index in [0.29, 0.717) is 42.3 Å². The molecule has 0 aromatic heterocycles. The molecule has 0 radical (unpaired) electrons. The molecular formula is C61H65OP. The summed E-state index contributed by atoms with van der Waals surface area (Å²) in [7, 11) is -1.06. The number of carbonyl (C=O) groups is 1. The van der Waals surface area contributed by atoms with Gasteiger partial charge >= 0.3 is 0 Å². The zero-order valence-corrected chi connectivity index (χ0v) is 39.5. The Labute approximate surface area is 379 Å². The molecule has 0 spiro atoms. The van der Waals surface area contributed by atoms with E-state index in [-0.39, 0.29) is 23.2 Å². The zero-order chi connectivity index (χ0) is 44.2. The third kappa shape index (κ3) is 9.06. The first kappa shape index (κ1) is 44.3. The SMILES string of the molecule is CC(C)c1cccc(C(C)C)c1C(c1ccccc1)c1cccc(C(c2ccccc2)c2c(C(C)C)cccc2C(C)C)c1P1C(c2ccccc2)CC(=O)CC1c1ccccc1. The third-order valence-electron chi connectivity index (χ3n) is 13.5. The topological polar surface area (TPSA) is 17.1 Å². The minimum Gasteiger partial charge on any atom is -0.300 e. The number of hydrogen-bond acceptors (Lipinski definition) is 1. The fourth-order valence-electron chi connectivity index (χ4n) is 10.7. The first-order chi connectivity index (χ1) is 30.5. The van der Waals surface area contributed by atoms with Crippen molar-refractivity contribution in [3.05, 3.63) is 243 Å². The summed E-state index contributed by atoms with van der Waals surface area (Å²) in [5.41, 5.74) is 16.5. The van der Waals surface area contributed by atoms with E-state index in [0.717, 1.165) is 0 Å². The molecule has 7 aromatic rings. The number of Topliss-reactive ketones (excluding diaryl/α,β-unsaturated/α-hetero) is 1. The number of benzene rings is 7. The molecule has 1 aliphatic heterocycles. The average Bonchev–Trinajstić information content (AvgIpc) is 3.30. The van der Waals surface area contributed by atoms with Crippen LogP contribution in [0.15, 0.2) is 176 Å². The normalized spacial score (nSPS) is 17.7. The maximum absolute atomic E-state index is 14.4. The largest absolute Gasteiger partial charge is 0.300 e. The lowest BCUT2D eigenvalue weighted by Crippen LogP contribution is -2.30. The highest BCUT2D eigenvalue weighted by atomic mass is 31.1. The van der Waals surface area contributed by atoms with Crippen molar-refractivity contribution in [3.63, 3.8) is 0 Å². The van der Waals surface area contributed by atoms with E-state index < -0.39 is 7.92 Å². The van der Waals surface area contributed by atoms with Crippen molar-refractivity contribution in [2.24, 2.45) is 0 Å². The molecule has 7 aromatic carbocycles. The molecule has 8 rings (SSSR count). The Balaban J connectivity index is 1.59. The number of rotatable bonds is 13. The minimum atomic E-state index is -1.06. The van der Waals surface area contributed by atoms with Gasteiger partial charge in [0.15, 0.2) is 0 Å². The Bertz CT molecular complexity index is 2380. The number of carbonyl (C=O) groups excluding carboxylic acids is 1. The maximum Gasteiger partial charge on any atom is 0.134 e. The summed E-state index contributed by atoms with van der Waals surface area (Å²) in [6.07, 6.45) is 1.08. The van der Waals surface area contributed by atoms with E-state index >= 15 is 0 Å². The molecule has 0 N–H and O–H groups in total. The first-order valence-corrected chi connectivity index (χ1v) is 24.9. The van der Waals surface area contributed by atoms with Crippen LogP contribution in [-0.2, 0) is 4.79 Å². The van der Waals surface area contributed by atoms with Gasteiger partial charge in [-0.15, -0.1) is 0 Å². The quantitative estimate of drug-likeness (QED) is 0.0835. The van der Waals surface area contributed by atoms with E-state index in [2.05, 4.69) is 231 Å². The van der Waals surface area contributed by atoms with Crippen LogP contribution in [0.5, 0.6) is 0 Å². The van der Waals surface area contributed by atoms with Gasteiger partial charge in [0.1, 0.15) is 5.78 Å². The van der Waals surface area contributed by atoms with Gasteiger partial charge in [-0.25, -0.2) is 0 Å². The highest BCUT2D eigenvalue weighted by Crippen LogP contribution is 2.68. The molecule has 1 aliphatic rings. The second-order valence-corrected chi connectivity index (χ2v) is 21.5. The molecule has 0 saturated carbocycles. The summed E-state index contributed by atoms with van der Waals surface area (Å²) in [5, 5.41) is 1.46. The van der Waals surface area contributed by atoms with Crippen molar-refractivity contribution in [2.45, 2.75) is 115 Å². The molecular weight excluding hydrogens is 780 g/mol. The summed E-state index contributed by atoms with van der Waals surface area (Å²) >= 11 is 0. The summed E-state index contributed by atoms with van der Waals surface area (Å²) in [4.78, 5) is 14.4. The second kappa shape index (κ2) is 19.6. The molecule has 0 amide bonds. The average molecular weight is 845 g/mol. The van der Waals surface area contributed by atoms with Crippen molar-refractivity contribution >= 4 is 19.0 Å². The first-order valence-electron chi connectivity index (χ1n) is 23.4. The second-order valence-electron chi connectivity index (χ2n) is 19.0. The van der Waals surface area contributed by atoms with Gasteiger partial charge in [-0.3, -0.25) is 4.79 Å². The molecule has 1 saturated heterocycles. The molecule has 320 valence electrons. The van der Waals surface area contributed by atoms with Crippen LogP contribution in [0.3, 0.4) is 0 Å². The van der Waals surface area contributed by atoms with Gasteiger partial charge in [-0.2, -0.15) is 0 Å². The van der Waals surface area contributed by atoms with Crippen LogP contribution < -0.4 is 5.30 Å². The Hall–Kier alpha value is -5.36. The summed E-state index contributed by atoms with van der Waals surface area (Å²) < 4.78 is 0. The van der Waals surface area contributed by atoms with Crippen molar-refractivity contribution in [1.29, 1.82) is 0 Å². The predicted octanol–water partition coefficient (Wildman–Crippen LogP) is 16.5. The molecule has 4 unspecified atom stereocenters. The van der Waals surface area contributed by atoms with E-state index in [9.17, 15) is 4.79 Å². The monoisotopic (exact) mass is 844 g/mol. The zero-order valence-electron chi connectivity index (χ0n) is 38.6. The van der Waals surface area contributed by atoms with Gasteiger partial charge in [-0.1, -0.05) is 239 Å². The fraction of sp³-hybridized carbons (Fsp3) is 0.295. The molecule has 63 heavy (non-hydrogen) atoms. The molecule has 1 heterocycles. The van der Waals surface area contributed by atoms with Gasteiger partial charge < -0.3 is 0 Å². The van der Waals surface area contributed by atoms with E-state index in [1.54, 1.807) is 0 Å². The van der Waals surface area contributed by atoms with Gasteiger partial charge in [0, 0.05) is 36.0 Å². The molecule has 0 aliphatic carbocycles. The molecule has 1 nitrogen and oxygen atoms in total. The molecule has 2 heteroatoms. The maximum atomic E-state index is 14.4. The summed E-state index contributed by atoms with van der Waals surface area (Å²) in [6, 6.07) is 66.2. The molecule has 0 bridgehead atoms. The number of hydrogen-bond donors (Lipinski definition) is 0. The lowest BCUT2D eigenvalue weighted by molar-refractivity contribution is -0.119. The van der Waals surface area contributed by atoms with Crippen LogP contribution in [0.1, 0.15) is 182 Å². The predicted molar refractivity (Wildman–Crippen MR) is 270 cm³/mol. The van der Waals surface area contributed by atoms with Crippen molar-refractivity contribution in [1.82, 2.24) is 0 Å². The Morgan fingerprint density at radius 2 is 0.651 bits per heavy atom. The van der Waals surface area contributed by atoms with Crippen LogP contribution in [0.25, 0.3) is 0 Å². The fourth-order valence-corrected chi connectivity index (χ4v) is 14.5. The highest BCUT2D eigenvalue weighted by Gasteiger charge is 2.44. The van der Waals surface area contributed by atoms with Crippen LogP contribution in [-0.4, -0.2) is 5.78 Å². The van der Waals surface area contributed by atoms with Crippen LogP contribution in [0, 0.1) is 0 Å². The Morgan fingerprint density at radius 3 is 0.952 bits per heavy atom. The molecule has 1 fully saturated rings. The Morgan fingerprint density at radius 1 is 0.365 bits per heavy atom. The van der Waals surface area contributed by atoms with Gasteiger partial charge in [0.2, 0.25) is 0 Å². The lowest BCUT2D eigenvalue weighted by atomic mass is 9.73. The molecule has 4 atom stereocenters. The van der Waals surface area contributed by atoms with E-state index in [1.165, 1.54) is 72.1 Å². The standard InChI is InChI=1S/C61H65OP/c1-40(2)49-32-21-33-50(41(3)4)59(49)57(46-28-17-11-18-29-46)53-36-23-37-54(58(47-30-19-12-20-31-47)60-51(42(5)6)34-22-35-52(60)43(7)8)61(53)63-55(44-24-13-9-14-25-44)38-48(62)39-56(63)45-26-15-10-16-27-45/h9-37,40-43,55-58H,38-39H2,1-8H3. The summed E-state index contributed by atoms with van der Waals surface area (Å²) in [6.45, 7) is 18.9. The number of ketones is 1. The summed E-state index contributed by atoms with van der Waals surface area (Å²) in [5.74, 6) is 1.59. The van der Waals surface area contributed by atoms with Crippen LogP contribution in [0.2, 0.25) is 0 Å². The van der Waals surface area contributed by atoms with Crippen molar-refractivity contribution in [3.8, 4) is 0 Å². The minimum absolute atomic E-state index is 0.0357. The highest BCUT2D eigenvalue weighted by molar-refractivity contribution is 7.66. The third-order valence-corrected chi connectivity index (χ3v) is 16.9. The Kier molecular flexibility index (Phi) is 13.8. The van der Waals surface area contributed by atoms with E-state index in [4.69, 9.17) is 0 Å². The van der Waals surface area contributed by atoms with Gasteiger partial charge in [0.05, 0.1) is 0 Å². The van der Waals surface area contributed by atoms with Crippen LogP contribution >= 0.6 is 7.92 Å². The van der Waals surface area contributed by atoms with Gasteiger partial charge in [0.25, 0.3) is 0 Å².